The molecule has 2 aromatic rings. The van der Waals surface area contributed by atoms with Crippen LogP contribution in [0.25, 0.3) is 11.2 Å². The number of carboxylic acid groups (broad SMARTS) is 1. The molecule has 16 heavy (non-hydrogen) atoms. The summed E-state index contributed by atoms with van der Waals surface area (Å²) < 4.78 is 0. The lowest BCUT2D eigenvalue weighted by Gasteiger charge is -1.98. The topological polar surface area (TPSA) is 78.9 Å². The van der Waals surface area contributed by atoms with Crippen LogP contribution in [0.3, 0.4) is 0 Å². The van der Waals surface area contributed by atoms with E-state index in [-0.39, 0.29) is 5.56 Å². The number of hydrogen-bond donors (Lipinski definition) is 2. The Labute approximate surface area is 91.5 Å². The first kappa shape index (κ1) is 9.33. The fourth-order valence-electron chi connectivity index (χ4n) is 1.98. The van der Waals surface area contributed by atoms with E-state index in [0.717, 1.165) is 12.1 Å². The molecule has 0 saturated heterocycles. The van der Waals surface area contributed by atoms with Gasteiger partial charge in [0.05, 0.1) is 11.9 Å². The lowest BCUT2D eigenvalue weighted by Crippen LogP contribution is -1.97. The molecule has 2 aromatic heterocycles. The molecular formula is C11H11N3O2. The molecule has 1 aliphatic rings. The third-order valence-corrected chi connectivity index (χ3v) is 3.12. The van der Waals surface area contributed by atoms with Gasteiger partial charge in [0, 0.05) is 12.1 Å². The molecule has 82 valence electrons. The summed E-state index contributed by atoms with van der Waals surface area (Å²) in [5.74, 6) is 0.119. The van der Waals surface area contributed by atoms with Crippen molar-refractivity contribution in [2.75, 3.05) is 0 Å². The number of hydrogen-bond acceptors (Lipinski definition) is 3. The van der Waals surface area contributed by atoms with Crippen LogP contribution in [-0.4, -0.2) is 26.0 Å². The first-order valence-corrected chi connectivity index (χ1v) is 5.24. The van der Waals surface area contributed by atoms with E-state index in [1.165, 1.54) is 6.20 Å². The van der Waals surface area contributed by atoms with E-state index in [9.17, 15) is 4.79 Å². The van der Waals surface area contributed by atoms with Crippen LogP contribution in [0.5, 0.6) is 0 Å². The molecule has 2 N–H and O–H groups in total. The van der Waals surface area contributed by atoms with Gasteiger partial charge >= 0.3 is 5.97 Å². The van der Waals surface area contributed by atoms with Crippen molar-refractivity contribution in [2.24, 2.45) is 5.92 Å². The Bertz CT molecular complexity index is 576. The molecule has 2 atom stereocenters. The minimum atomic E-state index is -0.971. The summed E-state index contributed by atoms with van der Waals surface area (Å²) in [6.45, 7) is 2.16. The Hall–Kier alpha value is -1.91. The molecule has 1 saturated carbocycles. The third kappa shape index (κ3) is 1.28. The maximum absolute atomic E-state index is 10.9. The normalized spacial score (nSPS) is 23.6. The molecular weight excluding hydrogens is 206 g/mol. The van der Waals surface area contributed by atoms with Crippen molar-refractivity contribution in [3.8, 4) is 0 Å². The number of aromatic carboxylic acids is 1. The average molecular weight is 217 g/mol. The summed E-state index contributed by atoms with van der Waals surface area (Å²) in [5.41, 5.74) is 2.10. The monoisotopic (exact) mass is 217 g/mol. The van der Waals surface area contributed by atoms with E-state index in [4.69, 9.17) is 5.11 Å². The first-order chi connectivity index (χ1) is 7.66. The Kier molecular flexibility index (Phi) is 1.77. The van der Waals surface area contributed by atoms with Gasteiger partial charge < -0.3 is 10.1 Å². The highest BCUT2D eigenvalue weighted by Gasteiger charge is 2.35. The highest BCUT2D eigenvalue weighted by molar-refractivity contribution is 6.00. The second kappa shape index (κ2) is 3.04. The van der Waals surface area contributed by atoms with E-state index in [1.807, 2.05) is 0 Å². The molecule has 1 aliphatic carbocycles. The van der Waals surface area contributed by atoms with Gasteiger partial charge in [-0.15, -0.1) is 0 Å². The number of nitrogens with zero attached hydrogens (tertiary/aromatic N) is 2. The number of aromatic nitrogens is 3. The number of H-pyrrole nitrogens is 1. The van der Waals surface area contributed by atoms with Gasteiger partial charge in [-0.1, -0.05) is 6.92 Å². The maximum atomic E-state index is 10.9. The Morgan fingerprint density at radius 2 is 2.38 bits per heavy atom. The highest BCUT2D eigenvalue weighted by atomic mass is 16.4. The SMILES string of the molecule is CC1CC1c1cnc2[nH]cc(C(=O)O)c2n1. The summed E-state index contributed by atoms with van der Waals surface area (Å²) in [5, 5.41) is 8.98. The highest BCUT2D eigenvalue weighted by Crippen LogP contribution is 2.46. The molecule has 3 rings (SSSR count). The zero-order valence-electron chi connectivity index (χ0n) is 8.77. The third-order valence-electron chi connectivity index (χ3n) is 3.12. The molecule has 2 heterocycles. The standard InChI is InChI=1S/C11H11N3O2/c1-5-2-6(5)8-4-13-10-9(14-8)7(3-12-10)11(15)16/h3-6H,2H2,1H3,(H,12,13)(H,15,16). The fraction of sp³-hybridized carbons (Fsp3) is 0.364. The Balaban J connectivity index is 2.14. The van der Waals surface area contributed by atoms with Gasteiger partial charge in [0.1, 0.15) is 11.1 Å². The van der Waals surface area contributed by atoms with E-state index in [0.29, 0.717) is 23.0 Å². The minimum Gasteiger partial charge on any atom is -0.478 e. The van der Waals surface area contributed by atoms with Crippen LogP contribution in [0, 0.1) is 5.92 Å². The Morgan fingerprint density at radius 3 is 3.00 bits per heavy atom. The van der Waals surface area contributed by atoms with Crippen molar-refractivity contribution in [2.45, 2.75) is 19.3 Å². The molecule has 2 unspecified atom stereocenters. The largest absolute Gasteiger partial charge is 0.478 e. The van der Waals surface area contributed by atoms with Crippen LogP contribution in [0.15, 0.2) is 12.4 Å². The van der Waals surface area contributed by atoms with Gasteiger partial charge in [0.2, 0.25) is 0 Å². The van der Waals surface area contributed by atoms with Gasteiger partial charge in [-0.05, 0) is 12.3 Å². The summed E-state index contributed by atoms with van der Waals surface area (Å²) in [4.78, 5) is 22.4. The molecule has 0 aliphatic heterocycles. The molecule has 1 fully saturated rings. The Morgan fingerprint density at radius 1 is 1.62 bits per heavy atom. The summed E-state index contributed by atoms with van der Waals surface area (Å²) in [7, 11) is 0. The van der Waals surface area contributed by atoms with Gasteiger partial charge in [-0.2, -0.15) is 0 Å². The number of fused-ring (bicyclic) bond motifs is 1. The smallest absolute Gasteiger partial charge is 0.339 e. The van der Waals surface area contributed by atoms with E-state index >= 15 is 0 Å². The van der Waals surface area contributed by atoms with Crippen LogP contribution >= 0.6 is 0 Å². The molecule has 5 nitrogen and oxygen atoms in total. The van der Waals surface area contributed by atoms with Crippen LogP contribution in [0.1, 0.15) is 35.3 Å². The second-order valence-electron chi connectivity index (χ2n) is 4.32. The van der Waals surface area contributed by atoms with Crippen molar-refractivity contribution in [1.82, 2.24) is 15.0 Å². The molecule has 0 bridgehead atoms. The molecule has 0 aromatic carbocycles. The zero-order chi connectivity index (χ0) is 11.3. The number of rotatable bonds is 2. The van der Waals surface area contributed by atoms with Crippen molar-refractivity contribution in [3.05, 3.63) is 23.7 Å². The molecule has 0 amide bonds. The maximum Gasteiger partial charge on any atom is 0.339 e. The van der Waals surface area contributed by atoms with Gasteiger partial charge in [0.15, 0.2) is 5.65 Å². The fourth-order valence-corrected chi connectivity index (χ4v) is 1.98. The number of nitrogens with one attached hydrogen (secondary N) is 1. The minimum absolute atomic E-state index is 0.192. The molecule has 0 spiro atoms. The average Bonchev–Trinajstić information content (AvgIpc) is 2.83. The zero-order valence-corrected chi connectivity index (χ0v) is 8.77. The van der Waals surface area contributed by atoms with Gasteiger partial charge in [0.25, 0.3) is 0 Å². The number of carbonyl (C=O) groups is 1. The van der Waals surface area contributed by atoms with E-state index in [2.05, 4.69) is 21.9 Å². The van der Waals surface area contributed by atoms with Crippen molar-refractivity contribution in [1.29, 1.82) is 0 Å². The first-order valence-electron chi connectivity index (χ1n) is 5.24. The van der Waals surface area contributed by atoms with E-state index in [1.54, 1.807) is 6.20 Å². The second-order valence-corrected chi connectivity index (χ2v) is 4.32. The summed E-state index contributed by atoms with van der Waals surface area (Å²) in [6, 6.07) is 0. The summed E-state index contributed by atoms with van der Waals surface area (Å²) in [6.07, 6.45) is 4.29. The van der Waals surface area contributed by atoms with Crippen LogP contribution in [0.2, 0.25) is 0 Å². The van der Waals surface area contributed by atoms with Crippen LogP contribution in [0.4, 0.5) is 0 Å². The quantitative estimate of drug-likeness (QED) is 0.803. The van der Waals surface area contributed by atoms with Crippen molar-refractivity contribution in [3.63, 3.8) is 0 Å². The molecule has 5 heteroatoms. The van der Waals surface area contributed by atoms with Crippen molar-refractivity contribution < 1.29 is 9.90 Å². The lowest BCUT2D eigenvalue weighted by molar-refractivity contribution is 0.0699. The van der Waals surface area contributed by atoms with Crippen LogP contribution in [-0.2, 0) is 0 Å². The number of carboxylic acids is 1. The predicted octanol–water partition coefficient (Wildman–Crippen LogP) is 1.78. The lowest BCUT2D eigenvalue weighted by atomic mass is 10.2. The van der Waals surface area contributed by atoms with Gasteiger partial charge in [-0.25, -0.2) is 14.8 Å². The predicted molar refractivity (Wildman–Crippen MR) is 57.4 cm³/mol. The van der Waals surface area contributed by atoms with Crippen LogP contribution < -0.4 is 0 Å². The summed E-state index contributed by atoms with van der Waals surface area (Å²) >= 11 is 0. The van der Waals surface area contributed by atoms with E-state index < -0.39 is 5.97 Å². The van der Waals surface area contributed by atoms with Crippen molar-refractivity contribution >= 4 is 17.1 Å². The molecule has 0 radical (unpaired) electrons. The van der Waals surface area contributed by atoms with Gasteiger partial charge in [-0.3, -0.25) is 0 Å². The number of aromatic amines is 1.